The van der Waals surface area contributed by atoms with Crippen molar-refractivity contribution in [2.75, 3.05) is 26.8 Å². The zero-order valence-electron chi connectivity index (χ0n) is 13.9. The number of halogens is 1. The van der Waals surface area contributed by atoms with Crippen LogP contribution in [0.5, 0.6) is 0 Å². The molecule has 0 bridgehead atoms. The van der Waals surface area contributed by atoms with Gasteiger partial charge in [0.25, 0.3) is 0 Å². The van der Waals surface area contributed by atoms with Crippen LogP contribution in [0.2, 0.25) is 0 Å². The second kappa shape index (κ2) is 8.42. The van der Waals surface area contributed by atoms with E-state index < -0.39 is 10.0 Å². The van der Waals surface area contributed by atoms with Crippen molar-refractivity contribution in [1.29, 1.82) is 0 Å². The molecule has 134 valence electrons. The van der Waals surface area contributed by atoms with Crippen molar-refractivity contribution in [2.45, 2.75) is 30.7 Å². The fourth-order valence-corrected chi connectivity index (χ4v) is 4.57. The van der Waals surface area contributed by atoms with Crippen LogP contribution in [-0.4, -0.2) is 51.5 Å². The predicted molar refractivity (Wildman–Crippen MR) is 95.1 cm³/mol. The average molecular weight is 419 g/mol. The molecule has 1 aromatic rings. The minimum Gasteiger partial charge on any atom is -0.383 e. The van der Waals surface area contributed by atoms with Gasteiger partial charge in [-0.15, -0.1) is 0 Å². The van der Waals surface area contributed by atoms with E-state index in [0.29, 0.717) is 26.0 Å². The molecule has 1 saturated heterocycles. The molecular formula is C16H23BrN2O4S. The molecule has 0 spiro atoms. The van der Waals surface area contributed by atoms with Crippen LogP contribution in [0.3, 0.4) is 0 Å². The number of sulfonamides is 1. The summed E-state index contributed by atoms with van der Waals surface area (Å²) in [5.41, 5.74) is 0. The molecule has 6 nitrogen and oxygen atoms in total. The lowest BCUT2D eigenvalue weighted by Gasteiger charge is -2.31. The molecule has 1 fully saturated rings. The Bertz CT molecular complexity index is 663. The summed E-state index contributed by atoms with van der Waals surface area (Å²) in [5, 5.41) is 2.88. The number of methoxy groups -OCH3 is 1. The molecule has 0 radical (unpaired) electrons. The van der Waals surface area contributed by atoms with Gasteiger partial charge in [0.2, 0.25) is 15.9 Å². The number of hydrogen-bond acceptors (Lipinski definition) is 4. The summed E-state index contributed by atoms with van der Waals surface area (Å²) in [7, 11) is -2.00. The van der Waals surface area contributed by atoms with Crippen LogP contribution >= 0.6 is 15.9 Å². The van der Waals surface area contributed by atoms with Gasteiger partial charge in [0, 0.05) is 30.7 Å². The van der Waals surface area contributed by atoms with Crippen molar-refractivity contribution < 1.29 is 17.9 Å². The number of piperidine rings is 1. The fourth-order valence-electron chi connectivity index (χ4n) is 2.78. The van der Waals surface area contributed by atoms with Crippen molar-refractivity contribution in [2.24, 2.45) is 5.92 Å². The van der Waals surface area contributed by atoms with Crippen molar-refractivity contribution in [3.8, 4) is 0 Å². The number of amides is 1. The van der Waals surface area contributed by atoms with E-state index in [1.807, 2.05) is 6.92 Å². The lowest BCUT2D eigenvalue weighted by Crippen LogP contribution is -2.47. The summed E-state index contributed by atoms with van der Waals surface area (Å²) >= 11 is 3.30. The molecule has 1 aliphatic rings. The van der Waals surface area contributed by atoms with Crippen molar-refractivity contribution in [1.82, 2.24) is 9.62 Å². The summed E-state index contributed by atoms with van der Waals surface area (Å²) in [5.74, 6) is -0.446. The number of carbonyl (C=O) groups is 1. The highest BCUT2D eigenvalue weighted by Crippen LogP contribution is 2.25. The van der Waals surface area contributed by atoms with Crippen molar-refractivity contribution in [3.05, 3.63) is 28.7 Å². The second-order valence-corrected chi connectivity index (χ2v) is 8.87. The molecule has 0 aliphatic carbocycles. The molecule has 8 heteroatoms. The molecule has 0 saturated carbocycles. The standard InChI is InChI=1S/C16H23BrN2O4S/c1-12(11-23-2)18-16(20)13-4-3-9-19(10-13)24(21,22)15-7-5-14(17)6-8-15/h5-8,12-13H,3-4,9-11H2,1-2H3,(H,18,20)/t12-,13+/m1/s1. The first-order valence-electron chi connectivity index (χ1n) is 7.89. The van der Waals surface area contributed by atoms with Crippen LogP contribution < -0.4 is 5.32 Å². The molecule has 0 aromatic heterocycles. The van der Waals surface area contributed by atoms with Crippen LogP contribution in [-0.2, 0) is 19.6 Å². The lowest BCUT2D eigenvalue weighted by atomic mass is 9.98. The third-order valence-corrected chi connectivity index (χ3v) is 6.42. The smallest absolute Gasteiger partial charge is 0.243 e. The maximum atomic E-state index is 12.8. The molecular weight excluding hydrogens is 396 g/mol. The maximum Gasteiger partial charge on any atom is 0.243 e. The number of rotatable bonds is 6. The Kier molecular flexibility index (Phi) is 6.79. The minimum atomic E-state index is -3.58. The molecule has 2 atom stereocenters. The van der Waals surface area contributed by atoms with E-state index in [-0.39, 0.29) is 29.3 Å². The first-order valence-corrected chi connectivity index (χ1v) is 10.1. The molecule has 0 unspecified atom stereocenters. The maximum absolute atomic E-state index is 12.8. The normalized spacial score (nSPS) is 20.5. The lowest BCUT2D eigenvalue weighted by molar-refractivity contribution is -0.127. The van der Waals surface area contributed by atoms with Gasteiger partial charge < -0.3 is 10.1 Å². The zero-order chi connectivity index (χ0) is 17.7. The van der Waals surface area contributed by atoms with Crippen molar-refractivity contribution >= 4 is 31.9 Å². The topological polar surface area (TPSA) is 75.7 Å². The molecule has 2 rings (SSSR count). The average Bonchev–Trinajstić information content (AvgIpc) is 2.55. The first kappa shape index (κ1) is 19.4. The van der Waals surface area contributed by atoms with Gasteiger partial charge in [-0.1, -0.05) is 15.9 Å². The van der Waals surface area contributed by atoms with Crippen LogP contribution in [0.25, 0.3) is 0 Å². The van der Waals surface area contributed by atoms with Crippen LogP contribution in [0, 0.1) is 5.92 Å². The summed E-state index contributed by atoms with van der Waals surface area (Å²) in [4.78, 5) is 12.6. The number of nitrogens with zero attached hydrogens (tertiary/aromatic N) is 1. The largest absolute Gasteiger partial charge is 0.383 e. The van der Waals surface area contributed by atoms with E-state index >= 15 is 0 Å². The summed E-state index contributed by atoms with van der Waals surface area (Å²) < 4.78 is 32.7. The van der Waals surface area contributed by atoms with Gasteiger partial charge >= 0.3 is 0 Å². The van der Waals surface area contributed by atoms with E-state index in [4.69, 9.17) is 4.74 Å². The number of benzene rings is 1. The molecule has 1 N–H and O–H groups in total. The quantitative estimate of drug-likeness (QED) is 0.766. The van der Waals surface area contributed by atoms with Gasteiger partial charge in [-0.05, 0) is 44.0 Å². The highest BCUT2D eigenvalue weighted by molar-refractivity contribution is 9.10. The Morgan fingerprint density at radius 1 is 1.42 bits per heavy atom. The van der Waals surface area contributed by atoms with Crippen LogP contribution in [0.15, 0.2) is 33.6 Å². The van der Waals surface area contributed by atoms with Gasteiger partial charge in [-0.3, -0.25) is 4.79 Å². The highest BCUT2D eigenvalue weighted by Gasteiger charge is 2.33. The van der Waals surface area contributed by atoms with E-state index in [9.17, 15) is 13.2 Å². The third kappa shape index (κ3) is 4.78. The monoisotopic (exact) mass is 418 g/mol. The van der Waals surface area contributed by atoms with Gasteiger partial charge in [0.15, 0.2) is 0 Å². The minimum absolute atomic E-state index is 0.0963. The summed E-state index contributed by atoms with van der Waals surface area (Å²) in [6, 6.07) is 6.45. The van der Waals surface area contributed by atoms with E-state index in [2.05, 4.69) is 21.2 Å². The van der Waals surface area contributed by atoms with E-state index in [1.165, 1.54) is 4.31 Å². The first-order chi connectivity index (χ1) is 11.3. The fraction of sp³-hybridized carbons (Fsp3) is 0.562. The van der Waals surface area contributed by atoms with Gasteiger partial charge in [-0.2, -0.15) is 4.31 Å². The Labute approximate surface area is 151 Å². The van der Waals surface area contributed by atoms with Crippen molar-refractivity contribution in [3.63, 3.8) is 0 Å². The molecule has 1 heterocycles. The third-order valence-electron chi connectivity index (χ3n) is 4.01. The number of ether oxygens (including phenoxy) is 1. The Balaban J connectivity index is 2.07. The van der Waals surface area contributed by atoms with Gasteiger partial charge in [0.1, 0.15) is 0 Å². The van der Waals surface area contributed by atoms with E-state index in [1.54, 1.807) is 31.4 Å². The Morgan fingerprint density at radius 2 is 2.08 bits per heavy atom. The predicted octanol–water partition coefficient (Wildman–Crippen LogP) is 2.00. The summed E-state index contributed by atoms with van der Waals surface area (Å²) in [6.45, 7) is 2.94. The van der Waals surface area contributed by atoms with E-state index in [0.717, 1.165) is 4.47 Å². The van der Waals surface area contributed by atoms with Gasteiger partial charge in [0.05, 0.1) is 17.4 Å². The number of hydrogen-bond donors (Lipinski definition) is 1. The van der Waals surface area contributed by atoms with Crippen LogP contribution in [0.1, 0.15) is 19.8 Å². The molecule has 24 heavy (non-hydrogen) atoms. The molecule has 1 aliphatic heterocycles. The summed E-state index contributed by atoms with van der Waals surface area (Å²) in [6.07, 6.45) is 1.37. The SMILES string of the molecule is COC[C@@H](C)NC(=O)[C@H]1CCCN(S(=O)(=O)c2ccc(Br)cc2)C1. The molecule has 1 amide bonds. The number of carbonyl (C=O) groups excluding carboxylic acids is 1. The zero-order valence-corrected chi connectivity index (χ0v) is 16.3. The van der Waals surface area contributed by atoms with Gasteiger partial charge in [-0.25, -0.2) is 8.42 Å². The number of nitrogens with one attached hydrogen (secondary N) is 1. The Morgan fingerprint density at radius 3 is 2.71 bits per heavy atom. The molecule has 1 aromatic carbocycles. The Hall–Kier alpha value is -0.960. The second-order valence-electron chi connectivity index (χ2n) is 6.02. The van der Waals surface area contributed by atoms with Crippen LogP contribution in [0.4, 0.5) is 0 Å². The highest BCUT2D eigenvalue weighted by atomic mass is 79.9.